The van der Waals surface area contributed by atoms with Gasteiger partial charge in [-0.25, -0.2) is 4.79 Å². The van der Waals surface area contributed by atoms with Crippen molar-refractivity contribution in [3.05, 3.63) is 58.8 Å². The van der Waals surface area contributed by atoms with Gasteiger partial charge < -0.3 is 14.5 Å². The van der Waals surface area contributed by atoms with Crippen LogP contribution in [0.25, 0.3) is 22.1 Å². The molecule has 0 aliphatic carbocycles. The number of fused-ring (bicyclic) bond motifs is 1. The predicted molar refractivity (Wildman–Crippen MR) is 132 cm³/mol. The van der Waals surface area contributed by atoms with Gasteiger partial charge in [-0.1, -0.05) is 49.2 Å². The van der Waals surface area contributed by atoms with E-state index in [0.717, 1.165) is 34.3 Å². The first kappa shape index (κ1) is 24.2. The van der Waals surface area contributed by atoms with Crippen LogP contribution < -0.4 is 5.32 Å². The lowest BCUT2D eigenvalue weighted by molar-refractivity contribution is -0.145. The van der Waals surface area contributed by atoms with E-state index in [-0.39, 0.29) is 12.4 Å². The lowest BCUT2D eigenvalue weighted by Gasteiger charge is -2.16. The molecule has 1 N–H and O–H groups in total. The minimum Gasteiger partial charge on any atom is -0.464 e. The van der Waals surface area contributed by atoms with E-state index in [1.54, 1.807) is 18.7 Å². The summed E-state index contributed by atoms with van der Waals surface area (Å²) in [4.78, 5) is 25.5. The number of hydrogen-bond donors (Lipinski definition) is 1. The van der Waals surface area contributed by atoms with E-state index in [2.05, 4.69) is 12.2 Å². The second kappa shape index (κ2) is 11.4. The number of nitrogens with one attached hydrogen (secondary N) is 1. The molecule has 0 radical (unpaired) electrons. The van der Waals surface area contributed by atoms with Crippen molar-refractivity contribution in [1.82, 2.24) is 5.32 Å². The second-order valence-electron chi connectivity index (χ2n) is 7.44. The molecule has 1 amide bonds. The van der Waals surface area contributed by atoms with Gasteiger partial charge in [-0.15, -0.1) is 0 Å². The number of esters is 1. The second-order valence-corrected chi connectivity index (χ2v) is 8.86. The monoisotopic (exact) mass is 473 g/mol. The van der Waals surface area contributed by atoms with E-state index in [4.69, 9.17) is 20.8 Å². The number of hydrogen-bond acceptors (Lipinski definition) is 5. The van der Waals surface area contributed by atoms with Crippen LogP contribution in [0.15, 0.2) is 46.9 Å². The highest BCUT2D eigenvalue weighted by atomic mass is 35.5. The SMILES string of the molecule is CCCc1c(C(=O)NC(CCSC)C(=O)OCC)oc2cc(-c3ccc(Cl)cc3)ccc12. The summed E-state index contributed by atoms with van der Waals surface area (Å²) in [6.45, 7) is 4.08. The Bertz CT molecular complexity index is 1080. The van der Waals surface area contributed by atoms with Crippen LogP contribution in [-0.4, -0.2) is 36.5 Å². The average molecular weight is 474 g/mol. The van der Waals surface area contributed by atoms with Gasteiger partial charge in [0.05, 0.1) is 6.61 Å². The minimum atomic E-state index is -0.706. The zero-order valence-corrected chi connectivity index (χ0v) is 20.1. The molecule has 3 rings (SSSR count). The van der Waals surface area contributed by atoms with Gasteiger partial charge in [-0.3, -0.25) is 4.79 Å². The maximum atomic E-state index is 13.2. The maximum Gasteiger partial charge on any atom is 0.328 e. The van der Waals surface area contributed by atoms with Crippen molar-refractivity contribution in [2.45, 2.75) is 39.2 Å². The van der Waals surface area contributed by atoms with Crippen molar-refractivity contribution in [3.8, 4) is 11.1 Å². The van der Waals surface area contributed by atoms with E-state index < -0.39 is 17.9 Å². The number of benzene rings is 2. The molecule has 1 unspecified atom stereocenters. The van der Waals surface area contributed by atoms with Crippen LogP contribution in [0.2, 0.25) is 5.02 Å². The zero-order chi connectivity index (χ0) is 23.1. The van der Waals surface area contributed by atoms with Crippen LogP contribution in [0.1, 0.15) is 42.8 Å². The summed E-state index contributed by atoms with van der Waals surface area (Å²) >= 11 is 7.62. The molecule has 2 aromatic carbocycles. The van der Waals surface area contributed by atoms with Crippen LogP contribution >= 0.6 is 23.4 Å². The number of rotatable bonds is 10. The molecule has 0 saturated heterocycles. The average Bonchev–Trinajstić information content (AvgIpc) is 3.15. The highest BCUT2D eigenvalue weighted by Gasteiger charge is 2.26. The smallest absolute Gasteiger partial charge is 0.328 e. The van der Waals surface area contributed by atoms with Crippen molar-refractivity contribution in [1.29, 1.82) is 0 Å². The Morgan fingerprint density at radius 2 is 1.84 bits per heavy atom. The van der Waals surface area contributed by atoms with Gasteiger partial charge in [0.2, 0.25) is 0 Å². The number of aryl methyl sites for hydroxylation is 1. The fraction of sp³-hybridized carbons (Fsp3) is 0.360. The number of carbonyl (C=O) groups excluding carboxylic acids is 2. The van der Waals surface area contributed by atoms with Crippen molar-refractivity contribution in [3.63, 3.8) is 0 Å². The molecular formula is C25H28ClNO4S. The quantitative estimate of drug-likeness (QED) is 0.359. The number of halogens is 1. The molecule has 32 heavy (non-hydrogen) atoms. The Labute approximate surface area is 197 Å². The summed E-state index contributed by atoms with van der Waals surface area (Å²) in [5, 5.41) is 4.41. The highest BCUT2D eigenvalue weighted by molar-refractivity contribution is 7.98. The topological polar surface area (TPSA) is 68.5 Å². The first-order valence-electron chi connectivity index (χ1n) is 10.8. The van der Waals surface area contributed by atoms with Crippen LogP contribution in [0.4, 0.5) is 0 Å². The summed E-state index contributed by atoms with van der Waals surface area (Å²) in [6.07, 6.45) is 4.02. The van der Waals surface area contributed by atoms with Gasteiger partial charge in [-0.05, 0) is 61.1 Å². The van der Waals surface area contributed by atoms with Crippen LogP contribution in [0, 0.1) is 0 Å². The minimum absolute atomic E-state index is 0.258. The van der Waals surface area contributed by atoms with Gasteiger partial charge in [0.25, 0.3) is 5.91 Å². The summed E-state index contributed by atoms with van der Waals surface area (Å²) in [5.74, 6) is 0.175. The van der Waals surface area contributed by atoms with Crippen LogP contribution in [0.3, 0.4) is 0 Å². The molecule has 0 fully saturated rings. The number of thioether (sulfide) groups is 1. The largest absolute Gasteiger partial charge is 0.464 e. The molecule has 0 spiro atoms. The third-order valence-electron chi connectivity index (χ3n) is 5.16. The van der Waals surface area contributed by atoms with Crippen molar-refractivity contribution >= 4 is 46.2 Å². The molecule has 1 atom stereocenters. The van der Waals surface area contributed by atoms with Gasteiger partial charge in [0, 0.05) is 16.0 Å². The summed E-state index contributed by atoms with van der Waals surface area (Å²) in [6, 6.07) is 12.8. The fourth-order valence-corrected chi connectivity index (χ4v) is 4.20. The Morgan fingerprint density at radius 1 is 1.12 bits per heavy atom. The van der Waals surface area contributed by atoms with Gasteiger partial charge in [0.1, 0.15) is 11.6 Å². The van der Waals surface area contributed by atoms with Crippen LogP contribution in [-0.2, 0) is 16.0 Å². The van der Waals surface area contributed by atoms with Gasteiger partial charge in [-0.2, -0.15) is 11.8 Å². The normalized spacial score (nSPS) is 12.0. The fourth-order valence-electron chi connectivity index (χ4n) is 3.60. The maximum absolute atomic E-state index is 13.2. The number of carbonyl (C=O) groups is 2. The van der Waals surface area contributed by atoms with Crippen molar-refractivity contribution < 1.29 is 18.7 Å². The molecule has 0 aliphatic rings. The molecule has 5 nitrogen and oxygen atoms in total. The van der Waals surface area contributed by atoms with E-state index in [1.807, 2.05) is 48.7 Å². The Hall–Kier alpha value is -2.44. The number of ether oxygens (including phenoxy) is 1. The first-order valence-corrected chi connectivity index (χ1v) is 12.5. The Balaban J connectivity index is 1.94. The van der Waals surface area contributed by atoms with Gasteiger partial charge >= 0.3 is 5.97 Å². The Kier molecular flexibility index (Phi) is 8.65. The van der Waals surface area contributed by atoms with Crippen molar-refractivity contribution in [2.75, 3.05) is 18.6 Å². The standard InChI is InChI=1S/C25H28ClNO4S/c1-4-6-20-19-12-9-17(16-7-10-18(26)11-8-16)15-22(19)31-23(20)24(28)27-21(13-14-32-3)25(29)30-5-2/h7-12,15,21H,4-6,13-14H2,1-3H3,(H,27,28). The van der Waals surface area contributed by atoms with E-state index in [1.165, 1.54) is 0 Å². The molecule has 0 bridgehead atoms. The highest BCUT2D eigenvalue weighted by Crippen LogP contribution is 2.32. The third kappa shape index (κ3) is 5.67. The van der Waals surface area contributed by atoms with Crippen LogP contribution in [0.5, 0.6) is 0 Å². The molecule has 3 aromatic rings. The molecule has 7 heteroatoms. The summed E-state index contributed by atoms with van der Waals surface area (Å²) < 4.78 is 11.2. The molecule has 1 aromatic heterocycles. The predicted octanol–water partition coefficient (Wildman–Crippen LogP) is 6.12. The zero-order valence-electron chi connectivity index (χ0n) is 18.6. The first-order chi connectivity index (χ1) is 15.5. The van der Waals surface area contributed by atoms with E-state index in [0.29, 0.717) is 23.4 Å². The molecule has 0 saturated carbocycles. The van der Waals surface area contributed by atoms with Gasteiger partial charge in [0.15, 0.2) is 5.76 Å². The molecule has 1 heterocycles. The lowest BCUT2D eigenvalue weighted by atomic mass is 10.0. The summed E-state index contributed by atoms with van der Waals surface area (Å²) in [5.41, 5.74) is 3.48. The molecular weight excluding hydrogens is 446 g/mol. The van der Waals surface area contributed by atoms with Crippen molar-refractivity contribution in [2.24, 2.45) is 0 Å². The number of amides is 1. The third-order valence-corrected chi connectivity index (χ3v) is 6.06. The Morgan fingerprint density at radius 3 is 2.50 bits per heavy atom. The summed E-state index contributed by atoms with van der Waals surface area (Å²) in [7, 11) is 0. The lowest BCUT2D eigenvalue weighted by Crippen LogP contribution is -2.42. The molecule has 170 valence electrons. The van der Waals surface area contributed by atoms with E-state index in [9.17, 15) is 9.59 Å². The van der Waals surface area contributed by atoms with E-state index >= 15 is 0 Å². The molecule has 0 aliphatic heterocycles. The number of furan rings is 1.